The van der Waals surface area contributed by atoms with Gasteiger partial charge < -0.3 is 4.42 Å². The molecule has 0 saturated heterocycles. The summed E-state index contributed by atoms with van der Waals surface area (Å²) in [6.07, 6.45) is 0. The number of furan rings is 1. The third-order valence-electron chi connectivity index (χ3n) is 3.17. The normalized spacial score (nSPS) is 10.8. The number of benzene rings is 2. The minimum Gasteiger partial charge on any atom is -0.450 e. The molecule has 0 N–H and O–H groups in total. The zero-order valence-corrected chi connectivity index (χ0v) is 10.4. The Balaban J connectivity index is 2.61. The van der Waals surface area contributed by atoms with E-state index in [4.69, 9.17) is 4.42 Å². The Labute approximate surface area is 112 Å². The minimum absolute atomic E-state index is 0.0603. The van der Waals surface area contributed by atoms with Gasteiger partial charge in [0.25, 0.3) is 0 Å². The molecule has 1 heterocycles. The number of fused-ring (bicyclic) bond motifs is 2. The third kappa shape index (κ3) is 1.55. The van der Waals surface area contributed by atoms with E-state index in [0.717, 1.165) is 0 Å². The van der Waals surface area contributed by atoms with E-state index in [2.05, 4.69) is 10.4 Å². The Morgan fingerprint density at radius 2 is 1.60 bits per heavy atom. The van der Waals surface area contributed by atoms with Crippen LogP contribution in [0.3, 0.4) is 0 Å². The number of carbonyl (C=O) groups excluding carboxylic acids is 1. The van der Waals surface area contributed by atoms with Crippen LogP contribution in [-0.4, -0.2) is 5.78 Å². The summed E-state index contributed by atoms with van der Waals surface area (Å²) >= 11 is 0. The van der Waals surface area contributed by atoms with Crippen LogP contribution in [0.25, 0.3) is 21.7 Å². The van der Waals surface area contributed by atoms with Gasteiger partial charge in [0.2, 0.25) is 0 Å². The number of Topliss-reactive ketones (excluding diaryl/α,β-unsaturated/α-hetero) is 1. The fraction of sp³-hybridized carbons (Fsp3) is 0.0714. The van der Waals surface area contributed by atoms with Crippen LogP contribution in [0.15, 0.2) is 45.1 Å². The van der Waals surface area contributed by atoms with Gasteiger partial charge in [-0.05, 0) is 16.4 Å². The van der Waals surface area contributed by atoms with Crippen molar-refractivity contribution in [1.29, 1.82) is 0 Å². The van der Waals surface area contributed by atoms with Gasteiger partial charge in [-0.25, -0.2) is 0 Å². The second-order valence-corrected chi connectivity index (χ2v) is 4.34. The SMILES string of the molecule is CC(=O)c1cc2c(N=O)c3ccccc3c(N=O)c2o1. The van der Waals surface area contributed by atoms with Crippen molar-refractivity contribution < 1.29 is 9.21 Å². The summed E-state index contributed by atoms with van der Waals surface area (Å²) in [6, 6.07) is 8.17. The van der Waals surface area contributed by atoms with E-state index in [9.17, 15) is 14.6 Å². The Morgan fingerprint density at radius 1 is 1.00 bits per heavy atom. The third-order valence-corrected chi connectivity index (χ3v) is 3.17. The molecule has 0 saturated carbocycles. The molecule has 20 heavy (non-hydrogen) atoms. The summed E-state index contributed by atoms with van der Waals surface area (Å²) in [5, 5.41) is 7.27. The lowest BCUT2D eigenvalue weighted by Crippen LogP contribution is -1.85. The maximum Gasteiger partial charge on any atom is 0.194 e. The zero-order valence-electron chi connectivity index (χ0n) is 10.4. The van der Waals surface area contributed by atoms with Crippen LogP contribution in [0.2, 0.25) is 0 Å². The molecule has 0 bridgehead atoms. The standard InChI is InChI=1S/C14H8N2O4/c1-7(17)11-6-10-12(15-18)8-4-2-3-5-9(8)13(16-19)14(10)20-11/h2-6H,1H3. The highest BCUT2D eigenvalue weighted by atomic mass is 16.3. The first-order valence-corrected chi connectivity index (χ1v) is 5.83. The van der Waals surface area contributed by atoms with Crippen LogP contribution < -0.4 is 0 Å². The molecular weight excluding hydrogens is 260 g/mol. The Bertz CT molecular complexity index is 815. The summed E-state index contributed by atoms with van der Waals surface area (Å²) in [7, 11) is 0. The molecule has 2 aromatic carbocycles. The van der Waals surface area contributed by atoms with Gasteiger partial charge in [0.1, 0.15) is 5.69 Å². The van der Waals surface area contributed by atoms with Crippen molar-refractivity contribution in [3.8, 4) is 0 Å². The lowest BCUT2D eigenvalue weighted by molar-refractivity contribution is 0.0989. The largest absolute Gasteiger partial charge is 0.450 e. The summed E-state index contributed by atoms with van der Waals surface area (Å²) < 4.78 is 5.36. The molecule has 1 aromatic heterocycles. The number of nitrogens with zero attached hydrogens (tertiary/aromatic N) is 2. The Hall–Kier alpha value is -2.89. The van der Waals surface area contributed by atoms with Crippen LogP contribution in [-0.2, 0) is 0 Å². The van der Waals surface area contributed by atoms with Crippen molar-refractivity contribution in [2.24, 2.45) is 10.4 Å². The minimum atomic E-state index is -0.307. The molecule has 0 fully saturated rings. The number of hydrogen-bond donors (Lipinski definition) is 0. The summed E-state index contributed by atoms with van der Waals surface area (Å²) in [5.74, 6) is -0.246. The van der Waals surface area contributed by atoms with Crippen molar-refractivity contribution in [3.05, 3.63) is 45.9 Å². The highest BCUT2D eigenvalue weighted by Gasteiger charge is 2.20. The summed E-state index contributed by atoms with van der Waals surface area (Å²) in [6.45, 7) is 1.33. The van der Waals surface area contributed by atoms with Crippen molar-refractivity contribution in [2.75, 3.05) is 0 Å². The number of hydrogen-bond acceptors (Lipinski definition) is 6. The fourth-order valence-corrected chi connectivity index (χ4v) is 2.27. The molecule has 6 heteroatoms. The van der Waals surface area contributed by atoms with Gasteiger partial charge in [0.05, 0.1) is 5.39 Å². The van der Waals surface area contributed by atoms with E-state index in [0.29, 0.717) is 16.2 Å². The van der Waals surface area contributed by atoms with Gasteiger partial charge in [-0.15, -0.1) is 9.81 Å². The molecule has 3 aromatic rings. The molecule has 0 aliphatic carbocycles. The highest BCUT2D eigenvalue weighted by molar-refractivity contribution is 6.17. The van der Waals surface area contributed by atoms with E-state index in [1.54, 1.807) is 24.3 Å². The van der Waals surface area contributed by atoms with Gasteiger partial charge in [-0.3, -0.25) is 4.79 Å². The van der Waals surface area contributed by atoms with Crippen LogP contribution in [0, 0.1) is 9.81 Å². The second kappa shape index (κ2) is 4.34. The van der Waals surface area contributed by atoms with E-state index < -0.39 is 0 Å². The van der Waals surface area contributed by atoms with Crippen LogP contribution >= 0.6 is 0 Å². The average molecular weight is 268 g/mol. The van der Waals surface area contributed by atoms with E-state index in [1.165, 1.54) is 13.0 Å². The molecule has 0 atom stereocenters. The van der Waals surface area contributed by atoms with Crippen molar-refractivity contribution in [3.63, 3.8) is 0 Å². The van der Waals surface area contributed by atoms with E-state index in [1.807, 2.05) is 0 Å². The molecule has 3 rings (SSSR count). The Kier molecular flexibility index (Phi) is 2.64. The van der Waals surface area contributed by atoms with Crippen LogP contribution in [0.4, 0.5) is 11.4 Å². The topological polar surface area (TPSA) is 89.1 Å². The molecule has 6 nitrogen and oxygen atoms in total. The van der Waals surface area contributed by atoms with E-state index >= 15 is 0 Å². The number of carbonyl (C=O) groups is 1. The fourth-order valence-electron chi connectivity index (χ4n) is 2.27. The smallest absolute Gasteiger partial charge is 0.194 e. The number of nitroso groups, excluding NO2 is 2. The first-order valence-electron chi connectivity index (χ1n) is 5.83. The van der Waals surface area contributed by atoms with Gasteiger partial charge in [0, 0.05) is 17.7 Å². The molecule has 0 spiro atoms. The molecular formula is C14H8N2O4. The maximum atomic E-state index is 11.4. The van der Waals surface area contributed by atoms with Gasteiger partial charge in [-0.1, -0.05) is 24.3 Å². The van der Waals surface area contributed by atoms with Crippen LogP contribution in [0.1, 0.15) is 17.5 Å². The molecule has 0 radical (unpaired) electrons. The number of ketones is 1. The molecule has 0 aliphatic rings. The first-order chi connectivity index (χ1) is 9.67. The molecule has 98 valence electrons. The second-order valence-electron chi connectivity index (χ2n) is 4.34. The van der Waals surface area contributed by atoms with Crippen molar-refractivity contribution >= 4 is 38.9 Å². The van der Waals surface area contributed by atoms with Crippen LogP contribution in [0.5, 0.6) is 0 Å². The average Bonchev–Trinajstić information content (AvgIpc) is 2.89. The maximum absolute atomic E-state index is 11.4. The first kappa shape index (κ1) is 12.2. The van der Waals surface area contributed by atoms with Crippen molar-refractivity contribution in [2.45, 2.75) is 6.92 Å². The van der Waals surface area contributed by atoms with Gasteiger partial charge >= 0.3 is 0 Å². The van der Waals surface area contributed by atoms with E-state index in [-0.39, 0.29) is 28.5 Å². The van der Waals surface area contributed by atoms with Crippen molar-refractivity contribution in [1.82, 2.24) is 0 Å². The Morgan fingerprint density at radius 3 is 2.15 bits per heavy atom. The molecule has 0 amide bonds. The molecule has 0 aliphatic heterocycles. The predicted octanol–water partition coefficient (Wildman–Crippen LogP) is 4.58. The lowest BCUT2D eigenvalue weighted by atomic mass is 10.0. The predicted molar refractivity (Wildman–Crippen MR) is 74.6 cm³/mol. The zero-order chi connectivity index (χ0) is 14.3. The quantitative estimate of drug-likeness (QED) is 0.513. The number of rotatable bonds is 3. The highest BCUT2D eigenvalue weighted by Crippen LogP contribution is 2.43. The summed E-state index contributed by atoms with van der Waals surface area (Å²) in [5.41, 5.74) is 0.313. The summed E-state index contributed by atoms with van der Waals surface area (Å²) in [4.78, 5) is 33.6. The van der Waals surface area contributed by atoms with Gasteiger partial charge in [0.15, 0.2) is 22.8 Å². The lowest BCUT2D eigenvalue weighted by Gasteiger charge is -2.03. The molecule has 0 unspecified atom stereocenters. The monoisotopic (exact) mass is 268 g/mol. The van der Waals surface area contributed by atoms with Gasteiger partial charge in [-0.2, -0.15) is 0 Å².